The van der Waals surface area contributed by atoms with Gasteiger partial charge in [0.1, 0.15) is 18.6 Å². The molecular weight excluding hydrogens is 230 g/mol. The molecule has 1 aromatic heterocycles. The molecule has 0 spiro atoms. The van der Waals surface area contributed by atoms with Gasteiger partial charge in [-0.15, -0.1) is 0 Å². The van der Waals surface area contributed by atoms with Crippen molar-refractivity contribution >= 4 is 6.29 Å². The van der Waals surface area contributed by atoms with Gasteiger partial charge in [-0.25, -0.2) is 4.98 Å². The summed E-state index contributed by atoms with van der Waals surface area (Å²) in [5, 5.41) is 0. The number of methoxy groups -OCH3 is 1. The van der Waals surface area contributed by atoms with Gasteiger partial charge < -0.3 is 9.47 Å². The van der Waals surface area contributed by atoms with Gasteiger partial charge in [0.2, 0.25) is 5.88 Å². The highest BCUT2D eigenvalue weighted by Crippen LogP contribution is 2.14. The van der Waals surface area contributed by atoms with E-state index in [1.165, 1.54) is 0 Å². The van der Waals surface area contributed by atoms with Gasteiger partial charge >= 0.3 is 0 Å². The highest BCUT2D eigenvalue weighted by Gasteiger charge is 1.99. The summed E-state index contributed by atoms with van der Waals surface area (Å²) in [6.45, 7) is 0.359. The summed E-state index contributed by atoms with van der Waals surface area (Å²) in [7, 11) is 1.57. The number of rotatable bonds is 5. The Morgan fingerprint density at radius 2 is 1.94 bits per heavy atom. The summed E-state index contributed by atoms with van der Waals surface area (Å²) in [5.74, 6) is 1.26. The molecule has 0 bridgehead atoms. The van der Waals surface area contributed by atoms with Crippen LogP contribution in [0.25, 0.3) is 0 Å². The van der Waals surface area contributed by atoms with Gasteiger partial charge in [0.15, 0.2) is 0 Å². The largest absolute Gasteiger partial charge is 0.487 e. The number of hydrogen-bond acceptors (Lipinski definition) is 4. The molecule has 0 fully saturated rings. The molecule has 0 aliphatic rings. The second-order valence-corrected chi connectivity index (χ2v) is 3.65. The first-order valence-electron chi connectivity index (χ1n) is 5.50. The topological polar surface area (TPSA) is 48.4 Å². The molecule has 0 aliphatic heterocycles. The van der Waals surface area contributed by atoms with Crippen LogP contribution in [0.3, 0.4) is 0 Å². The number of nitrogens with zero attached hydrogens (tertiary/aromatic N) is 1. The first-order valence-corrected chi connectivity index (χ1v) is 5.50. The third-order valence-electron chi connectivity index (χ3n) is 2.39. The SMILES string of the molecule is COc1cccc(COc2ccc(C=O)cc2)n1. The Kier molecular flexibility index (Phi) is 3.91. The number of pyridine rings is 1. The molecule has 2 aromatic rings. The number of aldehydes is 1. The third kappa shape index (κ3) is 3.07. The molecule has 4 nitrogen and oxygen atoms in total. The maximum absolute atomic E-state index is 10.5. The summed E-state index contributed by atoms with van der Waals surface area (Å²) in [6, 6.07) is 12.4. The van der Waals surface area contributed by atoms with Crippen LogP contribution < -0.4 is 9.47 Å². The van der Waals surface area contributed by atoms with E-state index in [4.69, 9.17) is 9.47 Å². The fourth-order valence-corrected chi connectivity index (χ4v) is 1.45. The van der Waals surface area contributed by atoms with Crippen LogP contribution in [0.5, 0.6) is 11.6 Å². The maximum Gasteiger partial charge on any atom is 0.213 e. The predicted octanol–water partition coefficient (Wildman–Crippen LogP) is 2.48. The molecule has 1 heterocycles. The van der Waals surface area contributed by atoms with Crippen molar-refractivity contribution in [2.45, 2.75) is 6.61 Å². The quantitative estimate of drug-likeness (QED) is 0.757. The zero-order valence-corrected chi connectivity index (χ0v) is 10.00. The van der Waals surface area contributed by atoms with E-state index in [0.29, 0.717) is 23.8 Å². The monoisotopic (exact) mass is 243 g/mol. The third-order valence-corrected chi connectivity index (χ3v) is 2.39. The Morgan fingerprint density at radius 1 is 1.17 bits per heavy atom. The van der Waals surface area contributed by atoms with Crippen molar-refractivity contribution in [1.82, 2.24) is 4.98 Å². The zero-order chi connectivity index (χ0) is 12.8. The van der Waals surface area contributed by atoms with E-state index in [0.717, 1.165) is 12.0 Å². The lowest BCUT2D eigenvalue weighted by molar-refractivity contribution is 0.112. The molecular formula is C14H13NO3. The second-order valence-electron chi connectivity index (χ2n) is 3.65. The van der Waals surface area contributed by atoms with Crippen molar-refractivity contribution in [3.63, 3.8) is 0 Å². The van der Waals surface area contributed by atoms with Crippen LogP contribution in [0.4, 0.5) is 0 Å². The Bertz CT molecular complexity index is 523. The average molecular weight is 243 g/mol. The minimum absolute atomic E-state index is 0.359. The van der Waals surface area contributed by atoms with Gasteiger partial charge in [-0.2, -0.15) is 0 Å². The van der Waals surface area contributed by atoms with E-state index in [2.05, 4.69) is 4.98 Å². The molecule has 0 unspecified atom stereocenters. The minimum atomic E-state index is 0.359. The van der Waals surface area contributed by atoms with Crippen molar-refractivity contribution in [2.24, 2.45) is 0 Å². The standard InChI is InChI=1S/C14H13NO3/c1-17-14-4-2-3-12(15-14)10-18-13-7-5-11(9-16)6-8-13/h2-9H,10H2,1H3. The van der Waals surface area contributed by atoms with Gasteiger partial charge in [-0.05, 0) is 30.3 Å². The summed E-state index contributed by atoms with van der Waals surface area (Å²) in [6.07, 6.45) is 0.799. The number of aromatic nitrogens is 1. The molecule has 2 rings (SSSR count). The first-order chi connectivity index (χ1) is 8.81. The van der Waals surface area contributed by atoms with Gasteiger partial charge in [0.05, 0.1) is 12.8 Å². The first kappa shape index (κ1) is 12.1. The normalized spacial score (nSPS) is 9.83. The summed E-state index contributed by atoms with van der Waals surface area (Å²) < 4.78 is 10.6. The number of benzene rings is 1. The number of carbonyl (C=O) groups excluding carboxylic acids is 1. The molecule has 0 atom stereocenters. The lowest BCUT2D eigenvalue weighted by Crippen LogP contribution is -1.99. The molecule has 92 valence electrons. The number of carbonyl (C=O) groups is 1. The molecule has 0 amide bonds. The van der Waals surface area contributed by atoms with E-state index in [9.17, 15) is 4.79 Å². The molecule has 0 saturated heterocycles. The van der Waals surface area contributed by atoms with Gasteiger partial charge in [0, 0.05) is 11.6 Å². The number of hydrogen-bond donors (Lipinski definition) is 0. The minimum Gasteiger partial charge on any atom is -0.487 e. The molecule has 0 aliphatic carbocycles. The van der Waals surface area contributed by atoms with Crippen LogP contribution in [-0.4, -0.2) is 18.4 Å². The molecule has 18 heavy (non-hydrogen) atoms. The Labute approximate surface area is 105 Å². The molecule has 0 saturated carbocycles. The van der Waals surface area contributed by atoms with Crippen LogP contribution in [-0.2, 0) is 6.61 Å². The van der Waals surface area contributed by atoms with Crippen molar-refractivity contribution in [2.75, 3.05) is 7.11 Å². The predicted molar refractivity (Wildman–Crippen MR) is 67.0 cm³/mol. The Balaban J connectivity index is 1.99. The fraction of sp³-hybridized carbons (Fsp3) is 0.143. The van der Waals surface area contributed by atoms with Crippen LogP contribution in [0.2, 0.25) is 0 Å². The van der Waals surface area contributed by atoms with Gasteiger partial charge in [0.25, 0.3) is 0 Å². The fourth-order valence-electron chi connectivity index (χ4n) is 1.45. The van der Waals surface area contributed by atoms with E-state index >= 15 is 0 Å². The van der Waals surface area contributed by atoms with Crippen molar-refractivity contribution in [1.29, 1.82) is 0 Å². The van der Waals surface area contributed by atoms with Gasteiger partial charge in [-0.1, -0.05) is 6.07 Å². The van der Waals surface area contributed by atoms with Crippen LogP contribution in [0, 0.1) is 0 Å². The van der Waals surface area contributed by atoms with Crippen LogP contribution in [0.1, 0.15) is 16.1 Å². The average Bonchev–Trinajstić information content (AvgIpc) is 2.46. The van der Waals surface area contributed by atoms with E-state index in [1.807, 2.05) is 12.1 Å². The van der Waals surface area contributed by atoms with Gasteiger partial charge in [-0.3, -0.25) is 4.79 Å². The van der Waals surface area contributed by atoms with Crippen molar-refractivity contribution in [3.8, 4) is 11.6 Å². The zero-order valence-electron chi connectivity index (χ0n) is 10.00. The number of ether oxygens (including phenoxy) is 2. The Hall–Kier alpha value is -2.36. The molecule has 4 heteroatoms. The highest BCUT2D eigenvalue weighted by molar-refractivity contribution is 5.74. The summed E-state index contributed by atoms with van der Waals surface area (Å²) >= 11 is 0. The summed E-state index contributed by atoms with van der Waals surface area (Å²) in [5.41, 5.74) is 1.41. The van der Waals surface area contributed by atoms with Crippen molar-refractivity contribution < 1.29 is 14.3 Å². The Morgan fingerprint density at radius 3 is 2.61 bits per heavy atom. The smallest absolute Gasteiger partial charge is 0.213 e. The highest BCUT2D eigenvalue weighted by atomic mass is 16.5. The summed E-state index contributed by atoms with van der Waals surface area (Å²) in [4.78, 5) is 14.7. The maximum atomic E-state index is 10.5. The van der Waals surface area contributed by atoms with Crippen LogP contribution >= 0.6 is 0 Å². The molecule has 0 radical (unpaired) electrons. The van der Waals surface area contributed by atoms with E-state index in [-0.39, 0.29) is 0 Å². The molecule has 0 N–H and O–H groups in total. The van der Waals surface area contributed by atoms with Crippen molar-refractivity contribution in [3.05, 3.63) is 53.7 Å². The van der Waals surface area contributed by atoms with E-state index in [1.54, 1.807) is 37.4 Å². The second kappa shape index (κ2) is 5.82. The van der Waals surface area contributed by atoms with E-state index < -0.39 is 0 Å². The lowest BCUT2D eigenvalue weighted by atomic mass is 10.2. The molecule has 1 aromatic carbocycles. The van der Waals surface area contributed by atoms with Crippen LogP contribution in [0.15, 0.2) is 42.5 Å². The lowest BCUT2D eigenvalue weighted by Gasteiger charge is -2.06.